The van der Waals surface area contributed by atoms with Gasteiger partial charge in [0.15, 0.2) is 5.82 Å². The highest BCUT2D eigenvalue weighted by Crippen LogP contribution is 2.26. The lowest BCUT2D eigenvalue weighted by atomic mass is 10.1. The fourth-order valence-corrected chi connectivity index (χ4v) is 2.52. The standard InChI is InChI=1S/C15H18BrN3O2/c1-3-11-9-14(19-18-11)17-15(20)7-5-10-4-6-13(21-2)12(16)8-10/h4,6,8-9H,3,5,7H2,1-2H3,(H2,17,18,19,20). The third kappa shape index (κ3) is 4.32. The number of carbonyl (C=O) groups is 1. The summed E-state index contributed by atoms with van der Waals surface area (Å²) in [4.78, 5) is 11.9. The van der Waals surface area contributed by atoms with Crippen LogP contribution >= 0.6 is 15.9 Å². The van der Waals surface area contributed by atoms with E-state index >= 15 is 0 Å². The van der Waals surface area contributed by atoms with Crippen LogP contribution in [-0.4, -0.2) is 23.2 Å². The van der Waals surface area contributed by atoms with E-state index in [4.69, 9.17) is 4.74 Å². The summed E-state index contributed by atoms with van der Waals surface area (Å²) in [5, 5.41) is 9.69. The number of nitrogens with zero attached hydrogens (tertiary/aromatic N) is 1. The lowest BCUT2D eigenvalue weighted by molar-refractivity contribution is -0.116. The van der Waals surface area contributed by atoms with Gasteiger partial charge in [-0.2, -0.15) is 5.10 Å². The number of aromatic nitrogens is 2. The van der Waals surface area contributed by atoms with Gasteiger partial charge in [0.25, 0.3) is 0 Å². The number of amides is 1. The average molecular weight is 352 g/mol. The Hall–Kier alpha value is -1.82. The first-order valence-corrected chi connectivity index (χ1v) is 7.58. The van der Waals surface area contributed by atoms with Crippen molar-refractivity contribution in [1.29, 1.82) is 0 Å². The van der Waals surface area contributed by atoms with Gasteiger partial charge in [-0.25, -0.2) is 0 Å². The topological polar surface area (TPSA) is 67.0 Å². The zero-order valence-electron chi connectivity index (χ0n) is 12.1. The predicted molar refractivity (Wildman–Crippen MR) is 85.6 cm³/mol. The summed E-state index contributed by atoms with van der Waals surface area (Å²) < 4.78 is 6.07. The van der Waals surface area contributed by atoms with E-state index in [-0.39, 0.29) is 5.91 Å². The van der Waals surface area contributed by atoms with Crippen LogP contribution < -0.4 is 10.1 Å². The van der Waals surface area contributed by atoms with Crippen molar-refractivity contribution in [1.82, 2.24) is 10.2 Å². The van der Waals surface area contributed by atoms with Crippen molar-refractivity contribution in [2.45, 2.75) is 26.2 Å². The summed E-state index contributed by atoms with van der Waals surface area (Å²) in [6, 6.07) is 7.66. The van der Waals surface area contributed by atoms with Crippen molar-refractivity contribution in [3.05, 3.63) is 40.0 Å². The van der Waals surface area contributed by atoms with Crippen LogP contribution in [0.1, 0.15) is 24.6 Å². The van der Waals surface area contributed by atoms with E-state index in [1.807, 2.05) is 31.2 Å². The second kappa shape index (κ2) is 7.26. The maximum Gasteiger partial charge on any atom is 0.225 e. The van der Waals surface area contributed by atoms with Gasteiger partial charge in [0.1, 0.15) is 5.75 Å². The molecule has 0 aliphatic heterocycles. The normalized spacial score (nSPS) is 10.4. The Bertz CT molecular complexity index is 625. The van der Waals surface area contributed by atoms with Gasteiger partial charge in [0.05, 0.1) is 11.6 Å². The molecule has 0 unspecified atom stereocenters. The van der Waals surface area contributed by atoms with Crippen LogP contribution in [-0.2, 0) is 17.6 Å². The molecule has 0 spiro atoms. The lowest BCUT2D eigenvalue weighted by Gasteiger charge is -2.06. The van der Waals surface area contributed by atoms with Crippen molar-refractivity contribution in [2.75, 3.05) is 12.4 Å². The van der Waals surface area contributed by atoms with Crippen molar-refractivity contribution >= 4 is 27.7 Å². The molecule has 1 aromatic carbocycles. The number of carbonyl (C=O) groups excluding carboxylic acids is 1. The van der Waals surface area contributed by atoms with Crippen LogP contribution in [0, 0.1) is 0 Å². The maximum absolute atomic E-state index is 11.9. The fraction of sp³-hybridized carbons (Fsp3) is 0.333. The number of hydrogen-bond donors (Lipinski definition) is 2. The Morgan fingerprint density at radius 1 is 1.43 bits per heavy atom. The summed E-state index contributed by atoms with van der Waals surface area (Å²) >= 11 is 3.44. The maximum atomic E-state index is 11.9. The molecule has 2 aromatic rings. The predicted octanol–water partition coefficient (Wildman–Crippen LogP) is 3.31. The molecule has 1 heterocycles. The highest BCUT2D eigenvalue weighted by molar-refractivity contribution is 9.10. The number of aromatic amines is 1. The number of H-pyrrole nitrogens is 1. The summed E-state index contributed by atoms with van der Waals surface area (Å²) in [7, 11) is 1.63. The van der Waals surface area contributed by atoms with E-state index in [2.05, 4.69) is 31.4 Å². The molecule has 0 aliphatic carbocycles. The first-order chi connectivity index (χ1) is 10.1. The van der Waals surface area contributed by atoms with E-state index in [1.54, 1.807) is 7.11 Å². The largest absolute Gasteiger partial charge is 0.496 e. The molecular weight excluding hydrogens is 334 g/mol. The molecule has 0 bridgehead atoms. The third-order valence-electron chi connectivity index (χ3n) is 3.14. The molecule has 0 radical (unpaired) electrons. The van der Waals surface area contributed by atoms with Gasteiger partial charge in [-0.15, -0.1) is 0 Å². The van der Waals surface area contributed by atoms with Crippen LogP contribution in [0.5, 0.6) is 5.75 Å². The van der Waals surface area contributed by atoms with Gasteiger partial charge in [-0.1, -0.05) is 13.0 Å². The Balaban J connectivity index is 1.87. The summed E-state index contributed by atoms with van der Waals surface area (Å²) in [5.74, 6) is 1.32. The van der Waals surface area contributed by atoms with Gasteiger partial charge >= 0.3 is 0 Å². The molecule has 2 N–H and O–H groups in total. The molecule has 112 valence electrons. The van der Waals surface area contributed by atoms with E-state index in [0.29, 0.717) is 18.7 Å². The number of aryl methyl sites for hydroxylation is 2. The highest BCUT2D eigenvalue weighted by atomic mass is 79.9. The molecular formula is C15H18BrN3O2. The molecule has 6 heteroatoms. The molecule has 2 rings (SSSR count). The van der Waals surface area contributed by atoms with Crippen LogP contribution in [0.25, 0.3) is 0 Å². The van der Waals surface area contributed by atoms with Crippen molar-refractivity contribution in [3.63, 3.8) is 0 Å². The summed E-state index contributed by atoms with van der Waals surface area (Å²) in [6.45, 7) is 2.03. The van der Waals surface area contributed by atoms with Crippen LogP contribution in [0.15, 0.2) is 28.7 Å². The second-order valence-corrected chi connectivity index (χ2v) is 5.50. The number of hydrogen-bond acceptors (Lipinski definition) is 3. The van der Waals surface area contributed by atoms with Gasteiger partial charge < -0.3 is 10.1 Å². The monoisotopic (exact) mass is 351 g/mol. The molecule has 0 atom stereocenters. The minimum absolute atomic E-state index is 0.0453. The first-order valence-electron chi connectivity index (χ1n) is 6.79. The smallest absolute Gasteiger partial charge is 0.225 e. The number of nitrogens with one attached hydrogen (secondary N) is 2. The fourth-order valence-electron chi connectivity index (χ4n) is 1.94. The van der Waals surface area contributed by atoms with Gasteiger partial charge in [0.2, 0.25) is 5.91 Å². The Morgan fingerprint density at radius 2 is 2.24 bits per heavy atom. The molecule has 21 heavy (non-hydrogen) atoms. The Labute approximate surface area is 132 Å². The molecule has 1 amide bonds. The average Bonchev–Trinajstić information content (AvgIpc) is 2.93. The zero-order chi connectivity index (χ0) is 15.2. The minimum Gasteiger partial charge on any atom is -0.496 e. The lowest BCUT2D eigenvalue weighted by Crippen LogP contribution is -2.12. The zero-order valence-corrected chi connectivity index (χ0v) is 13.7. The van der Waals surface area contributed by atoms with E-state index in [0.717, 1.165) is 27.9 Å². The first kappa shape index (κ1) is 15.6. The van der Waals surface area contributed by atoms with Crippen molar-refractivity contribution < 1.29 is 9.53 Å². The van der Waals surface area contributed by atoms with Crippen LogP contribution in [0.2, 0.25) is 0 Å². The van der Waals surface area contributed by atoms with Gasteiger partial charge in [-0.3, -0.25) is 9.89 Å². The highest BCUT2D eigenvalue weighted by Gasteiger charge is 2.07. The van der Waals surface area contributed by atoms with Crippen molar-refractivity contribution in [2.24, 2.45) is 0 Å². The summed E-state index contributed by atoms with van der Waals surface area (Å²) in [6.07, 6.45) is 1.94. The number of ether oxygens (including phenoxy) is 1. The number of rotatable bonds is 6. The number of halogens is 1. The van der Waals surface area contributed by atoms with Crippen LogP contribution in [0.3, 0.4) is 0 Å². The number of anilines is 1. The number of benzene rings is 1. The molecule has 1 aromatic heterocycles. The minimum atomic E-state index is -0.0453. The second-order valence-electron chi connectivity index (χ2n) is 4.65. The molecule has 0 saturated carbocycles. The van der Waals surface area contributed by atoms with Crippen molar-refractivity contribution in [3.8, 4) is 5.75 Å². The van der Waals surface area contributed by atoms with E-state index in [1.165, 1.54) is 0 Å². The SMILES string of the molecule is CCc1cc(NC(=O)CCc2ccc(OC)c(Br)c2)n[nH]1. The molecule has 5 nitrogen and oxygen atoms in total. The van der Waals surface area contributed by atoms with E-state index in [9.17, 15) is 4.79 Å². The van der Waals surface area contributed by atoms with Crippen LogP contribution in [0.4, 0.5) is 5.82 Å². The number of methoxy groups -OCH3 is 1. The Kier molecular flexibility index (Phi) is 5.38. The molecule has 0 saturated heterocycles. The molecule has 0 aliphatic rings. The quantitative estimate of drug-likeness (QED) is 0.838. The Morgan fingerprint density at radius 3 is 2.86 bits per heavy atom. The third-order valence-corrected chi connectivity index (χ3v) is 3.76. The van der Waals surface area contributed by atoms with E-state index < -0.39 is 0 Å². The van der Waals surface area contributed by atoms with Gasteiger partial charge in [-0.05, 0) is 46.5 Å². The molecule has 0 fully saturated rings. The summed E-state index contributed by atoms with van der Waals surface area (Å²) in [5.41, 5.74) is 2.08. The van der Waals surface area contributed by atoms with Gasteiger partial charge in [0, 0.05) is 18.2 Å².